The van der Waals surface area contributed by atoms with Gasteiger partial charge in [-0.05, 0) is 12.5 Å². The summed E-state index contributed by atoms with van der Waals surface area (Å²) in [4.78, 5) is 11.2. The number of carbonyl (C=O) groups is 1. The molecule has 1 aliphatic heterocycles. The largest absolute Gasteiger partial charge is 0.425 e. The zero-order valence-corrected chi connectivity index (χ0v) is 10.1. The molecular weight excluding hydrogens is 212 g/mol. The fourth-order valence-corrected chi connectivity index (χ4v) is 1.87. The summed E-state index contributed by atoms with van der Waals surface area (Å²) in [6, 6.07) is 5.75. The summed E-state index contributed by atoms with van der Waals surface area (Å²) >= 11 is 0. The summed E-state index contributed by atoms with van der Waals surface area (Å²) in [5.74, 6) is 6.72. The van der Waals surface area contributed by atoms with E-state index in [9.17, 15) is 4.79 Å². The number of benzene rings is 1. The van der Waals surface area contributed by atoms with Crippen molar-refractivity contribution < 1.29 is 9.53 Å². The first-order valence-corrected chi connectivity index (χ1v) is 6.12. The molecule has 0 spiro atoms. The van der Waals surface area contributed by atoms with Crippen molar-refractivity contribution >= 4 is 5.97 Å². The van der Waals surface area contributed by atoms with Crippen molar-refractivity contribution in [3.63, 3.8) is 0 Å². The summed E-state index contributed by atoms with van der Waals surface area (Å²) in [6.07, 6.45) is 4.85. The monoisotopic (exact) mass is 228 g/mol. The van der Waals surface area contributed by atoms with Crippen molar-refractivity contribution in [2.24, 2.45) is 0 Å². The standard InChI is InChI=1S/C15H16O2/c1-2-3-4-5-6-8-12-9-7-10-13-11-14(16)17-15(12)13/h7,9-10H,2-5,11H2,1H3. The Hall–Kier alpha value is -1.75. The molecule has 2 rings (SSSR count). The van der Waals surface area contributed by atoms with Gasteiger partial charge in [0.1, 0.15) is 5.75 Å². The van der Waals surface area contributed by atoms with E-state index in [0.717, 1.165) is 24.0 Å². The van der Waals surface area contributed by atoms with Crippen LogP contribution in [0.5, 0.6) is 5.75 Å². The number of rotatable bonds is 3. The molecule has 0 fully saturated rings. The number of ether oxygens (including phenoxy) is 1. The molecule has 0 saturated heterocycles. The molecule has 0 saturated carbocycles. The zero-order valence-electron chi connectivity index (χ0n) is 10.1. The van der Waals surface area contributed by atoms with Crippen molar-refractivity contribution in [2.45, 2.75) is 39.0 Å². The fraction of sp³-hybridized carbons (Fsp3) is 0.400. The van der Waals surface area contributed by atoms with E-state index >= 15 is 0 Å². The number of para-hydroxylation sites is 1. The van der Waals surface area contributed by atoms with Gasteiger partial charge in [0.15, 0.2) is 0 Å². The average molecular weight is 228 g/mol. The molecular formula is C15H16O2. The van der Waals surface area contributed by atoms with Crippen molar-refractivity contribution in [2.75, 3.05) is 0 Å². The molecule has 17 heavy (non-hydrogen) atoms. The minimum Gasteiger partial charge on any atom is -0.425 e. The first kappa shape index (κ1) is 11.7. The molecule has 0 N–H and O–H groups in total. The average Bonchev–Trinajstić information content (AvgIpc) is 2.70. The molecule has 0 aromatic heterocycles. The van der Waals surface area contributed by atoms with Gasteiger partial charge < -0.3 is 4.74 Å². The van der Waals surface area contributed by atoms with Crippen molar-refractivity contribution in [1.82, 2.24) is 0 Å². The van der Waals surface area contributed by atoms with Crippen LogP contribution in [0.2, 0.25) is 0 Å². The molecule has 0 bridgehead atoms. The minimum atomic E-state index is -0.180. The maximum absolute atomic E-state index is 11.2. The van der Waals surface area contributed by atoms with Gasteiger partial charge in [0.05, 0.1) is 12.0 Å². The van der Waals surface area contributed by atoms with Crippen LogP contribution >= 0.6 is 0 Å². The highest BCUT2D eigenvalue weighted by molar-refractivity contribution is 5.82. The Labute approximate surface area is 102 Å². The van der Waals surface area contributed by atoms with Gasteiger partial charge in [-0.1, -0.05) is 43.7 Å². The maximum atomic E-state index is 11.2. The van der Waals surface area contributed by atoms with Crippen molar-refractivity contribution in [1.29, 1.82) is 0 Å². The molecule has 1 heterocycles. The molecule has 0 amide bonds. The Kier molecular flexibility index (Phi) is 3.82. The Morgan fingerprint density at radius 1 is 1.35 bits per heavy atom. The van der Waals surface area contributed by atoms with E-state index in [1.807, 2.05) is 18.2 Å². The zero-order chi connectivity index (χ0) is 12.1. The van der Waals surface area contributed by atoms with Gasteiger partial charge in [0.25, 0.3) is 0 Å². The number of unbranched alkanes of at least 4 members (excludes halogenated alkanes) is 3. The third-order valence-corrected chi connectivity index (χ3v) is 2.78. The molecule has 2 nitrogen and oxygen atoms in total. The lowest BCUT2D eigenvalue weighted by Gasteiger charge is -1.99. The van der Waals surface area contributed by atoms with Crippen LogP contribution in [0.4, 0.5) is 0 Å². The van der Waals surface area contributed by atoms with Crippen LogP contribution < -0.4 is 4.74 Å². The van der Waals surface area contributed by atoms with E-state index in [1.165, 1.54) is 12.8 Å². The maximum Gasteiger partial charge on any atom is 0.315 e. The normalized spacial score (nSPS) is 12.6. The highest BCUT2D eigenvalue weighted by Gasteiger charge is 2.22. The van der Waals surface area contributed by atoms with E-state index in [1.54, 1.807) is 0 Å². The highest BCUT2D eigenvalue weighted by Crippen LogP contribution is 2.29. The van der Waals surface area contributed by atoms with Gasteiger partial charge in [0.2, 0.25) is 0 Å². The summed E-state index contributed by atoms with van der Waals surface area (Å²) in [5, 5.41) is 0. The first-order chi connectivity index (χ1) is 8.31. The van der Waals surface area contributed by atoms with Crippen LogP contribution in [-0.2, 0) is 11.2 Å². The quantitative estimate of drug-likeness (QED) is 0.344. The SMILES string of the molecule is CCCCCC#Cc1cccc2c1OC(=O)C2. The van der Waals surface area contributed by atoms with Gasteiger partial charge in [-0.25, -0.2) is 0 Å². The Bertz CT molecular complexity index is 477. The van der Waals surface area contributed by atoms with E-state index in [2.05, 4.69) is 18.8 Å². The van der Waals surface area contributed by atoms with Crippen molar-refractivity contribution in [3.05, 3.63) is 29.3 Å². The number of fused-ring (bicyclic) bond motifs is 1. The molecule has 2 heteroatoms. The topological polar surface area (TPSA) is 26.3 Å². The highest BCUT2D eigenvalue weighted by atomic mass is 16.5. The van der Waals surface area contributed by atoms with E-state index in [-0.39, 0.29) is 5.97 Å². The Balaban J connectivity index is 2.07. The summed E-state index contributed by atoms with van der Waals surface area (Å²) in [5.41, 5.74) is 1.79. The third kappa shape index (κ3) is 2.88. The summed E-state index contributed by atoms with van der Waals surface area (Å²) in [7, 11) is 0. The second-order valence-corrected chi connectivity index (χ2v) is 4.20. The molecule has 0 radical (unpaired) electrons. The second kappa shape index (κ2) is 5.54. The van der Waals surface area contributed by atoms with Gasteiger partial charge in [0, 0.05) is 12.0 Å². The van der Waals surface area contributed by atoms with Gasteiger partial charge in [-0.2, -0.15) is 0 Å². The number of hydrogen-bond donors (Lipinski definition) is 0. The van der Waals surface area contributed by atoms with Gasteiger partial charge in [-0.15, -0.1) is 0 Å². The van der Waals surface area contributed by atoms with E-state index < -0.39 is 0 Å². The Morgan fingerprint density at radius 3 is 3.06 bits per heavy atom. The minimum absolute atomic E-state index is 0.180. The lowest BCUT2D eigenvalue weighted by molar-refractivity contribution is -0.131. The van der Waals surface area contributed by atoms with Crippen molar-refractivity contribution in [3.8, 4) is 17.6 Å². The van der Waals surface area contributed by atoms with Crippen LogP contribution in [0.3, 0.4) is 0 Å². The van der Waals surface area contributed by atoms with E-state index in [4.69, 9.17) is 4.74 Å². The Morgan fingerprint density at radius 2 is 2.24 bits per heavy atom. The predicted molar refractivity (Wildman–Crippen MR) is 66.8 cm³/mol. The molecule has 0 unspecified atom stereocenters. The van der Waals surface area contributed by atoms with Crippen LogP contribution in [0.25, 0.3) is 0 Å². The number of hydrogen-bond acceptors (Lipinski definition) is 2. The third-order valence-electron chi connectivity index (χ3n) is 2.78. The van der Waals surface area contributed by atoms with Gasteiger partial charge in [-0.3, -0.25) is 4.79 Å². The lowest BCUT2D eigenvalue weighted by Crippen LogP contribution is -2.00. The molecule has 0 atom stereocenters. The number of esters is 1. The summed E-state index contributed by atoms with van der Waals surface area (Å²) in [6.45, 7) is 2.18. The van der Waals surface area contributed by atoms with Crippen LogP contribution in [0.1, 0.15) is 43.7 Å². The molecule has 1 aromatic rings. The fourth-order valence-electron chi connectivity index (χ4n) is 1.87. The first-order valence-electron chi connectivity index (χ1n) is 6.12. The second-order valence-electron chi connectivity index (χ2n) is 4.20. The van der Waals surface area contributed by atoms with E-state index in [0.29, 0.717) is 12.2 Å². The lowest BCUT2D eigenvalue weighted by atomic mass is 10.1. The van der Waals surface area contributed by atoms with Crippen LogP contribution in [0, 0.1) is 11.8 Å². The molecule has 1 aliphatic rings. The molecule has 88 valence electrons. The number of carbonyl (C=O) groups excluding carboxylic acids is 1. The smallest absolute Gasteiger partial charge is 0.315 e. The molecule has 1 aromatic carbocycles. The van der Waals surface area contributed by atoms with Gasteiger partial charge >= 0.3 is 5.97 Å². The molecule has 0 aliphatic carbocycles. The predicted octanol–water partition coefficient (Wildman–Crippen LogP) is 3.08. The summed E-state index contributed by atoms with van der Waals surface area (Å²) < 4.78 is 5.17. The van der Waals surface area contributed by atoms with Crippen LogP contribution in [0.15, 0.2) is 18.2 Å². The van der Waals surface area contributed by atoms with Crippen LogP contribution in [-0.4, -0.2) is 5.97 Å².